The van der Waals surface area contributed by atoms with E-state index in [1.54, 1.807) is 0 Å². The van der Waals surface area contributed by atoms with Gasteiger partial charge in [0.25, 0.3) is 0 Å². The smallest absolute Gasteiger partial charge is 0.163 e. The topological polar surface area (TPSA) is 79.2 Å². The van der Waals surface area contributed by atoms with Crippen LogP contribution in [0.25, 0.3) is 0 Å². The van der Waals surface area contributed by atoms with Crippen LogP contribution in [0.1, 0.15) is 20.3 Å². The van der Waals surface area contributed by atoms with Gasteiger partial charge in [-0.2, -0.15) is 5.26 Å². The van der Waals surface area contributed by atoms with Crippen molar-refractivity contribution in [2.45, 2.75) is 32.2 Å². The van der Waals surface area contributed by atoms with Gasteiger partial charge in [0.2, 0.25) is 0 Å². The molecular formula is C15H27NO6. The number of rotatable bonds is 13. The highest BCUT2D eigenvalue weighted by atomic mass is 16.7. The molecule has 0 bridgehead atoms. The number of nitrogens with zero attached hydrogens (tertiary/aromatic N) is 1. The first-order chi connectivity index (χ1) is 10.6. The lowest BCUT2D eigenvalue weighted by molar-refractivity contribution is -0.145. The highest BCUT2D eigenvalue weighted by molar-refractivity contribution is 4.70. The number of hydrogen-bond acceptors (Lipinski definition) is 7. The molecule has 0 spiro atoms. The Labute approximate surface area is 132 Å². The standard InChI is InChI=1S/C15H27NO6/c1-15(2)21-13-14(22-15)12-20-11-10-19-9-8-18-7-6-17-5-3-4-16/h14H,3,5-13H2,1-2H3. The Morgan fingerprint density at radius 3 is 2.00 bits per heavy atom. The second-order valence-electron chi connectivity index (χ2n) is 5.27. The Morgan fingerprint density at radius 2 is 1.50 bits per heavy atom. The number of ether oxygens (including phenoxy) is 6. The lowest BCUT2D eigenvalue weighted by Crippen LogP contribution is -2.24. The van der Waals surface area contributed by atoms with Crippen LogP contribution in [0.3, 0.4) is 0 Å². The minimum absolute atomic E-state index is 0.000586. The first-order valence-electron chi connectivity index (χ1n) is 7.64. The summed E-state index contributed by atoms with van der Waals surface area (Å²) < 4.78 is 32.4. The summed E-state index contributed by atoms with van der Waals surface area (Å²) >= 11 is 0. The zero-order valence-corrected chi connectivity index (χ0v) is 13.5. The maximum absolute atomic E-state index is 8.31. The molecule has 128 valence electrons. The molecule has 7 heteroatoms. The van der Waals surface area contributed by atoms with Crippen molar-refractivity contribution in [2.75, 3.05) is 59.5 Å². The van der Waals surface area contributed by atoms with E-state index in [0.29, 0.717) is 65.9 Å². The van der Waals surface area contributed by atoms with Crippen LogP contribution in [0.4, 0.5) is 0 Å². The molecule has 22 heavy (non-hydrogen) atoms. The minimum atomic E-state index is -0.500. The van der Waals surface area contributed by atoms with Crippen LogP contribution in [0.5, 0.6) is 0 Å². The van der Waals surface area contributed by atoms with Crippen molar-refractivity contribution in [3.63, 3.8) is 0 Å². The normalized spacial score (nSPS) is 20.1. The van der Waals surface area contributed by atoms with Crippen molar-refractivity contribution >= 4 is 0 Å². The molecule has 0 amide bonds. The van der Waals surface area contributed by atoms with E-state index in [2.05, 4.69) is 0 Å². The van der Waals surface area contributed by atoms with Crippen LogP contribution in [0.2, 0.25) is 0 Å². The van der Waals surface area contributed by atoms with Gasteiger partial charge in [-0.3, -0.25) is 0 Å². The van der Waals surface area contributed by atoms with E-state index in [4.69, 9.17) is 33.7 Å². The van der Waals surface area contributed by atoms with Crippen molar-refractivity contribution in [1.82, 2.24) is 0 Å². The van der Waals surface area contributed by atoms with Crippen LogP contribution in [-0.2, 0) is 28.4 Å². The van der Waals surface area contributed by atoms with Gasteiger partial charge in [-0.05, 0) is 13.8 Å². The summed E-state index contributed by atoms with van der Waals surface area (Å²) in [4.78, 5) is 0. The largest absolute Gasteiger partial charge is 0.378 e. The molecule has 0 aromatic rings. The zero-order valence-electron chi connectivity index (χ0n) is 13.5. The van der Waals surface area contributed by atoms with Gasteiger partial charge >= 0.3 is 0 Å². The van der Waals surface area contributed by atoms with Crippen molar-refractivity contribution in [1.29, 1.82) is 5.26 Å². The lowest BCUT2D eigenvalue weighted by Gasteiger charge is -2.17. The van der Waals surface area contributed by atoms with Crippen LogP contribution >= 0.6 is 0 Å². The van der Waals surface area contributed by atoms with Crippen molar-refractivity contribution < 1.29 is 28.4 Å². The van der Waals surface area contributed by atoms with E-state index >= 15 is 0 Å². The highest BCUT2D eigenvalue weighted by Gasteiger charge is 2.32. The molecular weight excluding hydrogens is 290 g/mol. The third-order valence-corrected chi connectivity index (χ3v) is 2.85. The Morgan fingerprint density at radius 1 is 0.955 bits per heavy atom. The third kappa shape index (κ3) is 10.1. The monoisotopic (exact) mass is 317 g/mol. The molecule has 0 aromatic heterocycles. The van der Waals surface area contributed by atoms with Gasteiger partial charge in [-0.15, -0.1) is 0 Å². The van der Waals surface area contributed by atoms with Crippen molar-refractivity contribution in [2.24, 2.45) is 0 Å². The molecule has 1 aliphatic heterocycles. The maximum atomic E-state index is 8.31. The molecule has 0 N–H and O–H groups in total. The fourth-order valence-corrected chi connectivity index (χ4v) is 1.84. The van der Waals surface area contributed by atoms with Gasteiger partial charge in [0, 0.05) is 0 Å². The quantitative estimate of drug-likeness (QED) is 0.471. The second kappa shape index (κ2) is 11.8. The summed E-state index contributed by atoms with van der Waals surface area (Å²) in [5.74, 6) is -0.500. The molecule has 1 saturated heterocycles. The molecule has 0 saturated carbocycles. The number of hydrogen-bond donors (Lipinski definition) is 0. The molecule has 0 aromatic carbocycles. The molecule has 1 fully saturated rings. The van der Waals surface area contributed by atoms with E-state index in [1.165, 1.54) is 0 Å². The molecule has 0 aliphatic carbocycles. The van der Waals surface area contributed by atoms with Crippen LogP contribution in [-0.4, -0.2) is 71.4 Å². The van der Waals surface area contributed by atoms with Gasteiger partial charge in [0.1, 0.15) is 6.10 Å². The SMILES string of the molecule is CC1(C)OCC(COCCOCCOCCOCCC#N)O1. The third-order valence-electron chi connectivity index (χ3n) is 2.85. The Hall–Kier alpha value is -0.750. The van der Waals surface area contributed by atoms with E-state index < -0.39 is 5.79 Å². The molecule has 1 aliphatic rings. The average Bonchev–Trinajstić information content (AvgIpc) is 2.83. The Balaban J connectivity index is 1.74. The maximum Gasteiger partial charge on any atom is 0.163 e. The average molecular weight is 317 g/mol. The molecule has 7 nitrogen and oxygen atoms in total. The zero-order chi connectivity index (χ0) is 16.1. The second-order valence-corrected chi connectivity index (χ2v) is 5.27. The predicted octanol–water partition coefficient (Wildman–Crippen LogP) is 1.12. The minimum Gasteiger partial charge on any atom is -0.378 e. The van der Waals surface area contributed by atoms with Crippen LogP contribution in [0, 0.1) is 11.3 Å². The van der Waals surface area contributed by atoms with E-state index in [9.17, 15) is 0 Å². The Kier molecular flexibility index (Phi) is 10.3. The molecule has 1 heterocycles. The molecule has 0 radical (unpaired) electrons. The van der Waals surface area contributed by atoms with Gasteiger partial charge in [-0.1, -0.05) is 0 Å². The fourth-order valence-electron chi connectivity index (χ4n) is 1.84. The first-order valence-corrected chi connectivity index (χ1v) is 7.64. The van der Waals surface area contributed by atoms with E-state index in [0.717, 1.165) is 0 Å². The van der Waals surface area contributed by atoms with E-state index in [-0.39, 0.29) is 6.10 Å². The number of nitriles is 1. The first kappa shape index (κ1) is 19.3. The summed E-state index contributed by atoms with van der Waals surface area (Å²) in [5.41, 5.74) is 0. The van der Waals surface area contributed by atoms with Gasteiger partial charge < -0.3 is 28.4 Å². The molecule has 1 rings (SSSR count). The van der Waals surface area contributed by atoms with Crippen LogP contribution in [0.15, 0.2) is 0 Å². The summed E-state index contributed by atoms with van der Waals surface area (Å²) in [6, 6.07) is 2.01. The predicted molar refractivity (Wildman–Crippen MR) is 78.4 cm³/mol. The summed E-state index contributed by atoms with van der Waals surface area (Å²) in [5, 5.41) is 8.31. The molecule has 1 atom stereocenters. The van der Waals surface area contributed by atoms with Gasteiger partial charge in [-0.25, -0.2) is 0 Å². The fraction of sp³-hybridized carbons (Fsp3) is 0.933. The summed E-state index contributed by atoms with van der Waals surface area (Å²) in [7, 11) is 0. The van der Waals surface area contributed by atoms with Crippen LogP contribution < -0.4 is 0 Å². The van der Waals surface area contributed by atoms with Crippen molar-refractivity contribution in [3.05, 3.63) is 0 Å². The summed E-state index contributed by atoms with van der Waals surface area (Å²) in [6.07, 6.45) is 0.415. The highest BCUT2D eigenvalue weighted by Crippen LogP contribution is 2.22. The van der Waals surface area contributed by atoms with Gasteiger partial charge in [0.15, 0.2) is 5.79 Å². The molecule has 1 unspecified atom stereocenters. The Bertz CT molecular complexity index is 318. The van der Waals surface area contributed by atoms with Gasteiger partial charge in [0.05, 0.1) is 72.0 Å². The van der Waals surface area contributed by atoms with Crippen molar-refractivity contribution in [3.8, 4) is 6.07 Å². The van der Waals surface area contributed by atoms with E-state index in [1.807, 2.05) is 19.9 Å². The lowest BCUT2D eigenvalue weighted by atomic mass is 10.4. The summed E-state index contributed by atoms with van der Waals surface area (Å²) in [6.45, 7) is 8.45.